The Morgan fingerprint density at radius 2 is 2.00 bits per heavy atom. The van der Waals surface area contributed by atoms with Crippen molar-refractivity contribution < 1.29 is 0 Å². The van der Waals surface area contributed by atoms with Crippen LogP contribution in [0.1, 0.15) is 53.4 Å². The highest BCUT2D eigenvalue weighted by molar-refractivity contribution is 4.91. The van der Waals surface area contributed by atoms with Crippen LogP contribution in [0.25, 0.3) is 0 Å². The molecule has 3 heteroatoms. The molecule has 2 aliphatic rings. The summed E-state index contributed by atoms with van der Waals surface area (Å²) in [5.74, 6) is 0.819. The molecule has 0 aromatic rings. The maximum absolute atomic E-state index is 3.76. The topological polar surface area (TPSA) is 18.5 Å². The van der Waals surface area contributed by atoms with Crippen LogP contribution in [0.4, 0.5) is 0 Å². The van der Waals surface area contributed by atoms with Gasteiger partial charge in [0.25, 0.3) is 0 Å². The lowest BCUT2D eigenvalue weighted by Gasteiger charge is -2.44. The lowest BCUT2D eigenvalue weighted by molar-refractivity contribution is 0.0856. The molecule has 0 bridgehead atoms. The van der Waals surface area contributed by atoms with E-state index in [4.69, 9.17) is 0 Å². The average Bonchev–Trinajstić information content (AvgIpc) is 2.54. The van der Waals surface area contributed by atoms with Crippen LogP contribution in [-0.2, 0) is 0 Å². The van der Waals surface area contributed by atoms with Gasteiger partial charge in [0.15, 0.2) is 0 Å². The highest BCUT2D eigenvalue weighted by atomic mass is 15.2. The molecule has 2 rings (SSSR count). The highest BCUT2D eigenvalue weighted by Crippen LogP contribution is 2.39. The predicted octanol–water partition coefficient (Wildman–Crippen LogP) is 2.82. The molecule has 1 saturated carbocycles. The summed E-state index contributed by atoms with van der Waals surface area (Å²) >= 11 is 0. The fourth-order valence-electron chi connectivity index (χ4n) is 4.45. The molecule has 2 fully saturated rings. The van der Waals surface area contributed by atoms with Gasteiger partial charge in [-0.1, -0.05) is 20.8 Å². The first-order valence-corrected chi connectivity index (χ1v) is 9.07. The van der Waals surface area contributed by atoms with Crippen molar-refractivity contribution in [3.05, 3.63) is 0 Å². The van der Waals surface area contributed by atoms with Crippen LogP contribution >= 0.6 is 0 Å². The molecule has 0 spiro atoms. The molecule has 1 N–H and O–H groups in total. The molecule has 1 saturated heterocycles. The number of hydrogen-bond acceptors (Lipinski definition) is 3. The van der Waals surface area contributed by atoms with E-state index in [1.807, 2.05) is 0 Å². The van der Waals surface area contributed by atoms with E-state index >= 15 is 0 Å². The number of likely N-dealkylation sites (N-methyl/N-ethyl adjacent to an activating group) is 1. The standard InChI is InChI=1S/C18H37N3/c1-6-19-17-8-9-18(3,4)12-16(17)14-21-11-7-10-20(5)13-15(21)2/h15-17,19H,6-14H2,1-5H3. The van der Waals surface area contributed by atoms with Gasteiger partial charge in [0.05, 0.1) is 0 Å². The van der Waals surface area contributed by atoms with Crippen molar-refractivity contribution in [2.24, 2.45) is 11.3 Å². The van der Waals surface area contributed by atoms with E-state index in [-0.39, 0.29) is 0 Å². The molecule has 0 aromatic heterocycles. The fraction of sp³-hybridized carbons (Fsp3) is 1.00. The molecule has 0 radical (unpaired) electrons. The lowest BCUT2D eigenvalue weighted by atomic mass is 9.69. The smallest absolute Gasteiger partial charge is 0.0194 e. The van der Waals surface area contributed by atoms with Gasteiger partial charge in [0.1, 0.15) is 0 Å². The minimum Gasteiger partial charge on any atom is -0.314 e. The van der Waals surface area contributed by atoms with Crippen LogP contribution in [0, 0.1) is 11.3 Å². The second kappa shape index (κ2) is 7.43. The molecule has 0 aromatic carbocycles. The maximum atomic E-state index is 3.76. The summed E-state index contributed by atoms with van der Waals surface area (Å²) in [7, 11) is 2.27. The van der Waals surface area contributed by atoms with Gasteiger partial charge in [0.2, 0.25) is 0 Å². The third-order valence-corrected chi connectivity index (χ3v) is 5.64. The normalized spacial score (nSPS) is 35.6. The van der Waals surface area contributed by atoms with E-state index < -0.39 is 0 Å². The van der Waals surface area contributed by atoms with E-state index in [0.717, 1.165) is 18.5 Å². The molecule has 1 heterocycles. The zero-order chi connectivity index (χ0) is 15.5. The Kier molecular flexibility index (Phi) is 6.10. The molecule has 3 nitrogen and oxygen atoms in total. The molecule has 0 amide bonds. The van der Waals surface area contributed by atoms with Gasteiger partial charge in [-0.05, 0) is 70.6 Å². The fourth-order valence-corrected chi connectivity index (χ4v) is 4.45. The van der Waals surface area contributed by atoms with Crippen molar-refractivity contribution in [2.45, 2.75) is 65.5 Å². The number of rotatable bonds is 4. The minimum atomic E-state index is 0.530. The van der Waals surface area contributed by atoms with Crippen molar-refractivity contribution in [3.63, 3.8) is 0 Å². The monoisotopic (exact) mass is 295 g/mol. The summed E-state index contributed by atoms with van der Waals surface area (Å²) in [5, 5.41) is 3.76. The van der Waals surface area contributed by atoms with Crippen LogP contribution in [0.5, 0.6) is 0 Å². The third kappa shape index (κ3) is 4.94. The van der Waals surface area contributed by atoms with E-state index in [2.05, 4.69) is 49.9 Å². The molecular weight excluding hydrogens is 258 g/mol. The van der Waals surface area contributed by atoms with Gasteiger partial charge in [0, 0.05) is 25.2 Å². The number of nitrogens with one attached hydrogen (secondary N) is 1. The Hall–Kier alpha value is -0.120. The van der Waals surface area contributed by atoms with Crippen molar-refractivity contribution in [1.82, 2.24) is 15.1 Å². The predicted molar refractivity (Wildman–Crippen MR) is 91.7 cm³/mol. The summed E-state index contributed by atoms with van der Waals surface area (Å²) in [6.07, 6.45) is 5.43. The van der Waals surface area contributed by atoms with Gasteiger partial charge in [-0.3, -0.25) is 4.90 Å². The first-order chi connectivity index (χ1) is 9.91. The van der Waals surface area contributed by atoms with Crippen LogP contribution in [0.15, 0.2) is 0 Å². The quantitative estimate of drug-likeness (QED) is 0.860. The molecule has 1 aliphatic heterocycles. The minimum absolute atomic E-state index is 0.530. The number of hydrogen-bond donors (Lipinski definition) is 1. The molecular formula is C18H37N3. The summed E-state index contributed by atoms with van der Waals surface area (Å²) in [5.41, 5.74) is 0.530. The Morgan fingerprint density at radius 1 is 1.24 bits per heavy atom. The summed E-state index contributed by atoms with van der Waals surface area (Å²) in [4.78, 5) is 5.26. The molecule has 124 valence electrons. The maximum Gasteiger partial charge on any atom is 0.0194 e. The van der Waals surface area contributed by atoms with E-state index in [0.29, 0.717) is 11.5 Å². The Balaban J connectivity index is 1.99. The first kappa shape index (κ1) is 17.2. The zero-order valence-corrected chi connectivity index (χ0v) is 15.0. The van der Waals surface area contributed by atoms with Crippen molar-refractivity contribution >= 4 is 0 Å². The molecule has 3 atom stereocenters. The molecule has 3 unspecified atom stereocenters. The van der Waals surface area contributed by atoms with Gasteiger partial charge < -0.3 is 10.2 Å². The van der Waals surface area contributed by atoms with Crippen LogP contribution in [-0.4, -0.2) is 61.7 Å². The van der Waals surface area contributed by atoms with Gasteiger partial charge >= 0.3 is 0 Å². The van der Waals surface area contributed by atoms with Gasteiger partial charge in [-0.25, -0.2) is 0 Å². The Morgan fingerprint density at radius 3 is 2.71 bits per heavy atom. The van der Waals surface area contributed by atoms with Crippen LogP contribution in [0.3, 0.4) is 0 Å². The van der Waals surface area contributed by atoms with E-state index in [1.165, 1.54) is 51.9 Å². The SMILES string of the molecule is CCNC1CCC(C)(C)CC1CN1CCCN(C)CC1C. The van der Waals surface area contributed by atoms with Crippen molar-refractivity contribution in [3.8, 4) is 0 Å². The Bertz CT molecular complexity index is 316. The second-order valence-corrected chi connectivity index (χ2v) is 8.29. The van der Waals surface area contributed by atoms with E-state index in [9.17, 15) is 0 Å². The van der Waals surface area contributed by atoms with E-state index in [1.54, 1.807) is 0 Å². The largest absolute Gasteiger partial charge is 0.314 e. The lowest BCUT2D eigenvalue weighted by Crippen LogP contribution is -2.49. The Labute approximate surface area is 132 Å². The van der Waals surface area contributed by atoms with Crippen LogP contribution < -0.4 is 5.32 Å². The van der Waals surface area contributed by atoms with Crippen molar-refractivity contribution in [2.75, 3.05) is 39.8 Å². The third-order valence-electron chi connectivity index (χ3n) is 5.64. The first-order valence-electron chi connectivity index (χ1n) is 9.07. The summed E-state index contributed by atoms with van der Waals surface area (Å²) in [6.45, 7) is 15.7. The molecule has 21 heavy (non-hydrogen) atoms. The summed E-state index contributed by atoms with van der Waals surface area (Å²) < 4.78 is 0. The van der Waals surface area contributed by atoms with Crippen LogP contribution in [0.2, 0.25) is 0 Å². The number of nitrogens with zero attached hydrogens (tertiary/aromatic N) is 2. The second-order valence-electron chi connectivity index (χ2n) is 8.29. The van der Waals surface area contributed by atoms with Gasteiger partial charge in [-0.2, -0.15) is 0 Å². The van der Waals surface area contributed by atoms with Gasteiger partial charge in [-0.15, -0.1) is 0 Å². The molecule has 1 aliphatic carbocycles. The summed E-state index contributed by atoms with van der Waals surface area (Å²) in [6, 6.07) is 1.43. The zero-order valence-electron chi connectivity index (χ0n) is 15.0. The average molecular weight is 296 g/mol. The van der Waals surface area contributed by atoms with Crippen molar-refractivity contribution in [1.29, 1.82) is 0 Å². The highest BCUT2D eigenvalue weighted by Gasteiger charge is 2.36.